The number of aliphatic hydroxyl groups excluding tert-OH is 2. The van der Waals surface area contributed by atoms with Crippen LogP contribution in [0.1, 0.15) is 19.0 Å². The van der Waals surface area contributed by atoms with E-state index in [-0.39, 0.29) is 12.0 Å². The van der Waals surface area contributed by atoms with Crippen LogP contribution in [0.2, 0.25) is 0 Å². The highest BCUT2D eigenvalue weighted by molar-refractivity contribution is 7.57. The van der Waals surface area contributed by atoms with Crippen molar-refractivity contribution in [2.75, 3.05) is 12.7 Å². The molecule has 4 heteroatoms. The van der Waals surface area contributed by atoms with Crippen LogP contribution < -0.4 is 0 Å². The van der Waals surface area contributed by atoms with Crippen LogP contribution >= 0.6 is 7.92 Å². The van der Waals surface area contributed by atoms with E-state index in [2.05, 4.69) is 10.2 Å². The van der Waals surface area contributed by atoms with Gasteiger partial charge in [-0.3, -0.25) is 0 Å². The van der Waals surface area contributed by atoms with Gasteiger partial charge in [0.15, 0.2) is 6.29 Å². The molecule has 1 heterocycles. The quantitative estimate of drug-likeness (QED) is 0.775. The summed E-state index contributed by atoms with van der Waals surface area (Å²) in [6, 6.07) is 9.67. The van der Waals surface area contributed by atoms with Crippen molar-refractivity contribution in [2.24, 2.45) is 0 Å². The number of rotatable bonds is 4. The molecule has 1 aliphatic heterocycles. The first-order valence-electron chi connectivity index (χ1n) is 6.20. The molecule has 1 aromatic carbocycles. The lowest BCUT2D eigenvalue weighted by Gasteiger charge is -2.33. The van der Waals surface area contributed by atoms with Crippen molar-refractivity contribution >= 4 is 7.92 Å². The highest BCUT2D eigenvalue weighted by atomic mass is 31.1. The Hall–Kier alpha value is -0.470. The monoisotopic (exact) mass is 229 g/mol. The standard InChI is InChI=1S/C11H15O3P/c12-7-15-8-14-11(13)6-10(15)9-4-2-1-3-5-9/h1-5,10-13H,6-8H2/t10-,11+,15+/m1/s1/i6D,12D,13D/t6-,10-,11+,15+. The minimum Gasteiger partial charge on any atom is -0.392 e. The Morgan fingerprint density at radius 1 is 1.53 bits per heavy atom. The Bertz CT molecular complexity index is 366. The Kier molecular flexibility index (Phi) is 2.60. The fourth-order valence-corrected chi connectivity index (χ4v) is 3.38. The first kappa shape index (κ1) is 7.75. The van der Waals surface area contributed by atoms with E-state index >= 15 is 0 Å². The van der Waals surface area contributed by atoms with Gasteiger partial charge in [0.2, 0.25) is 2.86 Å². The van der Waals surface area contributed by atoms with E-state index in [0.717, 1.165) is 5.56 Å². The second-order valence-corrected chi connectivity index (χ2v) is 5.68. The van der Waals surface area contributed by atoms with Crippen LogP contribution in [-0.4, -0.2) is 32.1 Å². The number of benzene rings is 1. The number of aliphatic hydroxyl groups is 2. The van der Waals surface area contributed by atoms with E-state index in [1.807, 2.05) is 30.3 Å². The first-order valence-corrected chi connectivity index (χ1v) is 6.59. The Labute approximate surface area is 94.8 Å². The molecule has 0 saturated carbocycles. The zero-order valence-electron chi connectivity index (χ0n) is 11.2. The lowest BCUT2D eigenvalue weighted by molar-refractivity contribution is -0.0937. The molecular weight excluding hydrogens is 211 g/mol. The zero-order valence-corrected chi connectivity index (χ0v) is 9.10. The van der Waals surface area contributed by atoms with Gasteiger partial charge < -0.3 is 15.0 Å². The summed E-state index contributed by atoms with van der Waals surface area (Å²) >= 11 is 0. The van der Waals surface area contributed by atoms with Crippen LogP contribution in [0.15, 0.2) is 30.3 Å². The van der Waals surface area contributed by atoms with E-state index in [4.69, 9.17) is 8.97 Å². The van der Waals surface area contributed by atoms with Crippen molar-refractivity contribution in [3.8, 4) is 0 Å². The molecule has 1 saturated heterocycles. The summed E-state index contributed by atoms with van der Waals surface area (Å²) in [6.07, 6.45) is -0.832. The first-order chi connectivity index (χ1) is 8.77. The lowest BCUT2D eigenvalue weighted by Crippen LogP contribution is -2.23. The minimum absolute atomic E-state index is 0.0874. The normalized spacial score (nSPS) is 39.1. The summed E-state index contributed by atoms with van der Waals surface area (Å²) in [5, 5.41) is 8.92. The van der Waals surface area contributed by atoms with Crippen molar-refractivity contribution in [1.82, 2.24) is 0 Å². The Balaban J connectivity index is 2.23. The molecule has 0 spiro atoms. The highest BCUT2D eigenvalue weighted by Crippen LogP contribution is 2.55. The number of hydrogen-bond acceptors (Lipinski definition) is 3. The van der Waals surface area contributed by atoms with Crippen LogP contribution in [-0.2, 0) is 4.74 Å². The summed E-state index contributed by atoms with van der Waals surface area (Å²) < 4.78 is 27.3. The summed E-state index contributed by atoms with van der Waals surface area (Å²) in [4.78, 5) is 0. The van der Waals surface area contributed by atoms with E-state index in [9.17, 15) is 0 Å². The molecule has 0 bridgehead atoms. The van der Waals surface area contributed by atoms with Crippen molar-refractivity contribution < 1.29 is 16.3 Å². The van der Waals surface area contributed by atoms with Gasteiger partial charge in [-0.05, 0) is 13.5 Å². The summed E-state index contributed by atoms with van der Waals surface area (Å²) in [7, 11) is -0.766. The Morgan fingerprint density at radius 2 is 2.40 bits per heavy atom. The van der Waals surface area contributed by atoms with E-state index in [0.29, 0.717) is 6.35 Å². The van der Waals surface area contributed by atoms with Gasteiger partial charge >= 0.3 is 0 Å². The zero-order chi connectivity index (χ0) is 13.0. The molecule has 15 heavy (non-hydrogen) atoms. The predicted molar refractivity (Wildman–Crippen MR) is 59.8 cm³/mol. The van der Waals surface area contributed by atoms with Gasteiger partial charge in [-0.1, -0.05) is 30.3 Å². The smallest absolute Gasteiger partial charge is 0.213 e. The third-order valence-electron chi connectivity index (χ3n) is 2.44. The molecule has 1 aromatic rings. The molecule has 1 fully saturated rings. The predicted octanol–water partition coefficient (Wildman–Crippen LogP) is 1.86. The molecule has 0 aromatic heterocycles. The number of ether oxygens (including phenoxy) is 1. The van der Waals surface area contributed by atoms with Gasteiger partial charge in [-0.25, -0.2) is 0 Å². The summed E-state index contributed by atoms with van der Waals surface area (Å²) in [5.74, 6) is 0. The van der Waals surface area contributed by atoms with E-state index in [1.54, 1.807) is 0 Å². The molecule has 4 atom stereocenters. The maximum atomic E-state index is 8.16. The maximum Gasteiger partial charge on any atom is 0.213 e. The third kappa shape index (κ3) is 2.56. The fraction of sp³-hybridized carbons (Fsp3) is 0.455. The van der Waals surface area contributed by atoms with Crippen LogP contribution in [0.3, 0.4) is 0 Å². The van der Waals surface area contributed by atoms with Gasteiger partial charge in [0.05, 0.1) is 12.7 Å². The molecule has 0 amide bonds. The van der Waals surface area contributed by atoms with Crippen LogP contribution in [0, 0.1) is 0 Å². The van der Waals surface area contributed by atoms with E-state index in [1.165, 1.54) is 0 Å². The average molecular weight is 229 g/mol. The van der Waals surface area contributed by atoms with Gasteiger partial charge in [0.25, 0.3) is 0 Å². The van der Waals surface area contributed by atoms with Crippen LogP contribution in [0.25, 0.3) is 0 Å². The molecule has 1 aliphatic rings. The van der Waals surface area contributed by atoms with Crippen molar-refractivity contribution in [1.29, 1.82) is 2.86 Å². The molecule has 0 radical (unpaired) electrons. The van der Waals surface area contributed by atoms with Crippen molar-refractivity contribution in [3.63, 3.8) is 0 Å². The molecule has 0 aliphatic carbocycles. The second-order valence-electron chi connectivity index (χ2n) is 3.43. The van der Waals surface area contributed by atoms with E-state index < -0.39 is 20.6 Å². The Morgan fingerprint density at radius 3 is 3.13 bits per heavy atom. The fourth-order valence-electron chi connectivity index (χ4n) is 1.67. The molecule has 82 valence electrons. The number of hydrogen-bond donors (Lipinski definition) is 2. The van der Waals surface area contributed by atoms with Crippen molar-refractivity contribution in [3.05, 3.63) is 35.9 Å². The maximum absolute atomic E-state index is 8.16. The third-order valence-corrected chi connectivity index (χ3v) is 4.51. The minimum atomic E-state index is -0.834. The lowest BCUT2D eigenvalue weighted by atomic mass is 10.1. The molecule has 2 rings (SSSR count). The van der Waals surface area contributed by atoms with Gasteiger partial charge in [-0.2, -0.15) is 0 Å². The van der Waals surface area contributed by atoms with Crippen molar-refractivity contribution in [2.45, 2.75) is 18.3 Å². The topological polar surface area (TPSA) is 49.7 Å². The molecular formula is C11H15O3P. The summed E-state index contributed by atoms with van der Waals surface area (Å²) in [6.45, 7) is 0. The largest absolute Gasteiger partial charge is 0.392 e. The molecule has 2 N–H and O–H groups in total. The highest BCUT2D eigenvalue weighted by Gasteiger charge is 2.30. The van der Waals surface area contributed by atoms with Crippen LogP contribution in [0.4, 0.5) is 0 Å². The van der Waals surface area contributed by atoms with Gasteiger partial charge in [0.1, 0.15) is 0 Å². The SMILES string of the molecule is [2H]OC[P@@]1CO[C@H](O[2H])[C@H]([2H])[C@@H]1c1ccccc1. The molecule has 0 unspecified atom stereocenters. The van der Waals surface area contributed by atoms with Crippen LogP contribution in [0.5, 0.6) is 0 Å². The second kappa shape index (κ2) is 5.04. The molecule has 3 nitrogen and oxygen atoms in total. The van der Waals surface area contributed by atoms with Gasteiger partial charge in [-0.15, -0.1) is 0 Å². The van der Waals surface area contributed by atoms with Gasteiger partial charge in [0, 0.05) is 13.4 Å². The summed E-state index contributed by atoms with van der Waals surface area (Å²) in [5.41, 5.74) is 0.932. The average Bonchev–Trinajstić information content (AvgIpc) is 2.40.